The lowest BCUT2D eigenvalue weighted by Gasteiger charge is -2.15. The Morgan fingerprint density at radius 3 is 2.59 bits per heavy atom. The summed E-state index contributed by atoms with van der Waals surface area (Å²) < 4.78 is 27.4. The molecule has 1 aromatic rings. The van der Waals surface area contributed by atoms with E-state index in [0.717, 1.165) is 0 Å². The first kappa shape index (κ1) is 12.3. The van der Waals surface area contributed by atoms with Gasteiger partial charge in [-0.05, 0) is 12.0 Å². The van der Waals surface area contributed by atoms with Gasteiger partial charge in [-0.25, -0.2) is 0 Å². The molecule has 0 fully saturated rings. The Morgan fingerprint density at radius 1 is 1.29 bits per heavy atom. The van der Waals surface area contributed by atoms with Crippen molar-refractivity contribution < 1.29 is 8.42 Å². The van der Waals surface area contributed by atoms with E-state index in [1.165, 1.54) is 0 Å². The van der Waals surface area contributed by atoms with E-state index in [-0.39, 0.29) is 6.04 Å². The van der Waals surface area contributed by atoms with Crippen LogP contribution in [-0.4, -0.2) is 20.2 Å². The van der Waals surface area contributed by atoms with Crippen LogP contribution in [0.3, 0.4) is 0 Å². The molecule has 1 heterocycles. The van der Waals surface area contributed by atoms with Gasteiger partial charge in [-0.15, -0.1) is 0 Å². The summed E-state index contributed by atoms with van der Waals surface area (Å²) >= 11 is 0. The van der Waals surface area contributed by atoms with Gasteiger partial charge in [-0.3, -0.25) is 0 Å². The molecule has 1 atom stereocenters. The summed E-state index contributed by atoms with van der Waals surface area (Å²) in [5, 5.41) is 0. The minimum atomic E-state index is -3.49. The summed E-state index contributed by atoms with van der Waals surface area (Å²) in [5.74, 6) is 0.299. The third-order valence-electron chi connectivity index (χ3n) is 2.99. The van der Waals surface area contributed by atoms with Gasteiger partial charge >= 0.3 is 0 Å². The highest BCUT2D eigenvalue weighted by molar-refractivity contribution is 7.90. The lowest BCUT2D eigenvalue weighted by atomic mass is 9.96. The molecule has 92 valence electrons. The molecule has 1 aliphatic heterocycles. The second kappa shape index (κ2) is 4.23. The average molecular weight is 252 g/mol. The van der Waals surface area contributed by atoms with E-state index in [0.29, 0.717) is 28.5 Å². The fourth-order valence-corrected chi connectivity index (χ4v) is 3.06. The first-order chi connectivity index (χ1) is 7.92. The molecule has 2 rings (SSSR count). The zero-order chi connectivity index (χ0) is 12.6. The van der Waals surface area contributed by atoms with Crippen molar-refractivity contribution in [2.24, 2.45) is 16.0 Å². The fourth-order valence-electron chi connectivity index (χ4n) is 1.78. The van der Waals surface area contributed by atoms with Crippen LogP contribution in [0.4, 0.5) is 0 Å². The Bertz CT molecular complexity index is 562. The van der Waals surface area contributed by atoms with E-state index in [4.69, 9.17) is 5.73 Å². The number of hydrogen-bond acceptors (Lipinski definition) is 3. The standard InChI is InChI=1S/C12H16N2O2S/c1-8(2)10(13)7-11-9-5-3-4-6-12(9)17(15,16)14-11/h3-6,8,10H,7,13H2,1-2H3. The number of rotatable bonds is 3. The van der Waals surface area contributed by atoms with Gasteiger partial charge in [0.25, 0.3) is 10.0 Å². The number of fused-ring (bicyclic) bond motifs is 1. The number of nitrogens with zero attached hydrogens (tertiary/aromatic N) is 1. The minimum absolute atomic E-state index is 0.0740. The first-order valence-corrected chi connectivity index (χ1v) is 7.04. The first-order valence-electron chi connectivity index (χ1n) is 5.60. The van der Waals surface area contributed by atoms with Crippen LogP contribution in [-0.2, 0) is 10.0 Å². The van der Waals surface area contributed by atoms with E-state index in [1.807, 2.05) is 19.9 Å². The zero-order valence-electron chi connectivity index (χ0n) is 9.92. The monoisotopic (exact) mass is 252 g/mol. The molecule has 17 heavy (non-hydrogen) atoms. The summed E-state index contributed by atoms with van der Waals surface area (Å²) in [4.78, 5) is 0.297. The van der Waals surface area contributed by atoms with Crippen molar-refractivity contribution in [1.29, 1.82) is 0 Å². The van der Waals surface area contributed by atoms with Crippen LogP contribution in [0.25, 0.3) is 0 Å². The molecule has 1 unspecified atom stereocenters. The number of hydrogen-bond donors (Lipinski definition) is 1. The smallest absolute Gasteiger partial charge is 0.283 e. The maximum atomic E-state index is 11.8. The maximum absolute atomic E-state index is 11.8. The molecule has 0 radical (unpaired) electrons. The number of benzene rings is 1. The number of nitrogens with two attached hydrogens (primary N) is 1. The lowest BCUT2D eigenvalue weighted by Crippen LogP contribution is -2.29. The Kier molecular flexibility index (Phi) is 3.05. The maximum Gasteiger partial charge on any atom is 0.283 e. The van der Waals surface area contributed by atoms with Crippen molar-refractivity contribution in [1.82, 2.24) is 0 Å². The third kappa shape index (κ3) is 2.25. The van der Waals surface area contributed by atoms with Crippen LogP contribution in [0, 0.1) is 5.92 Å². The zero-order valence-corrected chi connectivity index (χ0v) is 10.7. The van der Waals surface area contributed by atoms with Crippen LogP contribution in [0.1, 0.15) is 25.8 Å². The van der Waals surface area contributed by atoms with Crippen molar-refractivity contribution in [2.45, 2.75) is 31.2 Å². The van der Waals surface area contributed by atoms with E-state index in [2.05, 4.69) is 4.40 Å². The molecular formula is C12H16N2O2S. The van der Waals surface area contributed by atoms with Crippen LogP contribution in [0.2, 0.25) is 0 Å². The van der Waals surface area contributed by atoms with Gasteiger partial charge in [0.2, 0.25) is 0 Å². The van der Waals surface area contributed by atoms with E-state index < -0.39 is 10.0 Å². The predicted molar refractivity (Wildman–Crippen MR) is 67.6 cm³/mol. The quantitative estimate of drug-likeness (QED) is 0.887. The summed E-state index contributed by atoms with van der Waals surface area (Å²) in [6.45, 7) is 4.03. The molecule has 0 saturated heterocycles. The van der Waals surface area contributed by atoms with Crippen molar-refractivity contribution >= 4 is 15.7 Å². The topological polar surface area (TPSA) is 72.5 Å². The van der Waals surface area contributed by atoms with Crippen molar-refractivity contribution in [3.05, 3.63) is 29.8 Å². The van der Waals surface area contributed by atoms with Crippen molar-refractivity contribution in [2.75, 3.05) is 0 Å². The van der Waals surface area contributed by atoms with Gasteiger partial charge < -0.3 is 5.73 Å². The molecule has 4 nitrogen and oxygen atoms in total. The highest BCUT2D eigenvalue weighted by Crippen LogP contribution is 2.28. The van der Waals surface area contributed by atoms with Crippen LogP contribution in [0.15, 0.2) is 33.6 Å². The second-order valence-corrected chi connectivity index (χ2v) is 6.19. The molecule has 0 saturated carbocycles. The van der Waals surface area contributed by atoms with Crippen molar-refractivity contribution in [3.8, 4) is 0 Å². The fraction of sp³-hybridized carbons (Fsp3) is 0.417. The van der Waals surface area contributed by atoms with Crippen LogP contribution in [0.5, 0.6) is 0 Å². The third-order valence-corrected chi connectivity index (χ3v) is 4.36. The molecule has 5 heteroatoms. The predicted octanol–water partition coefficient (Wildman–Crippen LogP) is 1.55. The van der Waals surface area contributed by atoms with Gasteiger partial charge in [0.05, 0.1) is 10.6 Å². The minimum Gasteiger partial charge on any atom is -0.327 e. The Labute approximate surface area is 102 Å². The number of sulfonamides is 1. The second-order valence-electron chi connectivity index (χ2n) is 4.62. The summed E-state index contributed by atoms with van der Waals surface area (Å²) in [7, 11) is -3.49. The summed E-state index contributed by atoms with van der Waals surface area (Å²) in [5.41, 5.74) is 7.25. The largest absolute Gasteiger partial charge is 0.327 e. The van der Waals surface area contributed by atoms with E-state index in [1.54, 1.807) is 18.2 Å². The molecular weight excluding hydrogens is 236 g/mol. The van der Waals surface area contributed by atoms with E-state index >= 15 is 0 Å². The summed E-state index contributed by atoms with van der Waals surface area (Å²) in [6, 6.07) is 6.82. The SMILES string of the molecule is CC(C)C(N)CC1=NS(=O)(=O)c2ccccc21. The van der Waals surface area contributed by atoms with Gasteiger partial charge in [0.15, 0.2) is 0 Å². The van der Waals surface area contributed by atoms with Gasteiger partial charge in [0.1, 0.15) is 0 Å². The van der Waals surface area contributed by atoms with Crippen molar-refractivity contribution in [3.63, 3.8) is 0 Å². The molecule has 0 aliphatic carbocycles. The highest BCUT2D eigenvalue weighted by Gasteiger charge is 2.29. The highest BCUT2D eigenvalue weighted by atomic mass is 32.2. The lowest BCUT2D eigenvalue weighted by molar-refractivity contribution is 0.507. The average Bonchev–Trinajstić information content (AvgIpc) is 2.51. The molecule has 2 N–H and O–H groups in total. The molecule has 0 aromatic heterocycles. The molecule has 1 aromatic carbocycles. The Balaban J connectivity index is 2.39. The molecule has 0 spiro atoms. The van der Waals surface area contributed by atoms with E-state index in [9.17, 15) is 8.42 Å². The van der Waals surface area contributed by atoms with Crippen LogP contribution >= 0.6 is 0 Å². The molecule has 0 bridgehead atoms. The molecule has 1 aliphatic rings. The normalized spacial score (nSPS) is 18.9. The molecule has 0 amide bonds. The van der Waals surface area contributed by atoms with Gasteiger partial charge in [0, 0.05) is 18.0 Å². The Morgan fingerprint density at radius 2 is 1.94 bits per heavy atom. The Hall–Kier alpha value is -1.20. The van der Waals surface area contributed by atoms with Crippen LogP contribution < -0.4 is 5.73 Å². The van der Waals surface area contributed by atoms with Gasteiger partial charge in [-0.2, -0.15) is 12.8 Å². The summed E-state index contributed by atoms with van der Waals surface area (Å²) in [6.07, 6.45) is 0.494. The van der Waals surface area contributed by atoms with Gasteiger partial charge in [-0.1, -0.05) is 32.0 Å².